The molecule has 2 heterocycles. The lowest BCUT2D eigenvalue weighted by Crippen LogP contribution is -2.31. The molecule has 0 spiro atoms. The Balaban J connectivity index is 2.39. The van der Waals surface area contributed by atoms with Gasteiger partial charge in [-0.1, -0.05) is 0 Å². The van der Waals surface area contributed by atoms with Crippen LogP contribution < -0.4 is 4.90 Å². The molecule has 0 saturated carbocycles. The molecule has 1 aliphatic rings. The summed E-state index contributed by atoms with van der Waals surface area (Å²) in [7, 11) is -3.28. The zero-order chi connectivity index (χ0) is 13.2. The summed E-state index contributed by atoms with van der Waals surface area (Å²) in [6.07, 6.45) is 5.44. The van der Waals surface area contributed by atoms with E-state index in [1.165, 1.54) is 6.26 Å². The van der Waals surface area contributed by atoms with Gasteiger partial charge in [0.05, 0.1) is 0 Å². The van der Waals surface area contributed by atoms with Gasteiger partial charge in [0.25, 0.3) is 0 Å². The zero-order valence-electron chi connectivity index (χ0n) is 10.4. The van der Waals surface area contributed by atoms with Gasteiger partial charge in [0, 0.05) is 31.6 Å². The Morgan fingerprint density at radius 3 is 3.00 bits per heavy atom. The van der Waals surface area contributed by atoms with Crippen LogP contribution in [0.4, 0.5) is 5.82 Å². The van der Waals surface area contributed by atoms with E-state index >= 15 is 0 Å². The lowest BCUT2D eigenvalue weighted by atomic mass is 10.1. The van der Waals surface area contributed by atoms with Crippen molar-refractivity contribution < 1.29 is 13.5 Å². The molecule has 1 aromatic rings. The van der Waals surface area contributed by atoms with Crippen molar-refractivity contribution in [1.29, 1.82) is 0 Å². The van der Waals surface area contributed by atoms with Crippen LogP contribution in [0.1, 0.15) is 19.3 Å². The van der Waals surface area contributed by atoms with Gasteiger partial charge in [-0.05, 0) is 31.4 Å². The van der Waals surface area contributed by atoms with Crippen LogP contribution in [0.3, 0.4) is 0 Å². The van der Waals surface area contributed by atoms with E-state index in [4.69, 9.17) is 5.11 Å². The first-order valence-corrected chi connectivity index (χ1v) is 7.96. The summed E-state index contributed by atoms with van der Waals surface area (Å²) in [5.74, 6) is 0.524. The van der Waals surface area contributed by atoms with Gasteiger partial charge in [0.1, 0.15) is 10.7 Å². The summed E-state index contributed by atoms with van der Waals surface area (Å²) in [5, 5.41) is 9.06. The van der Waals surface area contributed by atoms with E-state index in [2.05, 4.69) is 4.98 Å². The molecular formula is C12H18N2O3S. The smallest absolute Gasteiger partial charge is 0.179 e. The maximum absolute atomic E-state index is 11.8. The second-order valence-electron chi connectivity index (χ2n) is 4.60. The summed E-state index contributed by atoms with van der Waals surface area (Å²) in [5.41, 5.74) is 0. The number of pyridine rings is 1. The van der Waals surface area contributed by atoms with Crippen LogP contribution in [-0.4, -0.2) is 44.0 Å². The highest BCUT2D eigenvalue weighted by Crippen LogP contribution is 2.30. The Labute approximate surface area is 107 Å². The van der Waals surface area contributed by atoms with Crippen LogP contribution in [0.15, 0.2) is 23.2 Å². The van der Waals surface area contributed by atoms with E-state index in [0.29, 0.717) is 12.2 Å². The highest BCUT2D eigenvalue weighted by molar-refractivity contribution is 7.90. The number of nitrogens with zero attached hydrogens (tertiary/aromatic N) is 2. The molecule has 0 radical (unpaired) electrons. The Hall–Kier alpha value is -1.14. The SMILES string of the molecule is CS(=O)(=O)c1cccnc1N1CCCC1CCO. The quantitative estimate of drug-likeness (QED) is 0.877. The molecule has 100 valence electrons. The van der Waals surface area contributed by atoms with Gasteiger partial charge in [0.15, 0.2) is 9.84 Å². The van der Waals surface area contributed by atoms with Crippen molar-refractivity contribution in [3.8, 4) is 0 Å². The molecule has 0 aromatic carbocycles. The average Bonchev–Trinajstić information content (AvgIpc) is 2.77. The largest absolute Gasteiger partial charge is 0.396 e. The molecule has 1 saturated heterocycles. The van der Waals surface area contributed by atoms with Gasteiger partial charge in [-0.3, -0.25) is 0 Å². The minimum absolute atomic E-state index is 0.113. The summed E-state index contributed by atoms with van der Waals surface area (Å²) in [4.78, 5) is 6.50. The molecule has 1 atom stereocenters. The molecule has 0 amide bonds. The van der Waals surface area contributed by atoms with Crippen molar-refractivity contribution in [2.24, 2.45) is 0 Å². The summed E-state index contributed by atoms with van der Waals surface area (Å²) in [6, 6.07) is 3.41. The topological polar surface area (TPSA) is 70.5 Å². The molecule has 0 bridgehead atoms. The molecule has 1 aromatic heterocycles. The molecule has 6 heteroatoms. The molecule has 1 N–H and O–H groups in total. The van der Waals surface area contributed by atoms with Crippen LogP contribution >= 0.6 is 0 Å². The molecule has 18 heavy (non-hydrogen) atoms. The van der Waals surface area contributed by atoms with Gasteiger partial charge < -0.3 is 10.0 Å². The molecule has 1 fully saturated rings. The van der Waals surface area contributed by atoms with E-state index in [-0.39, 0.29) is 17.5 Å². The Morgan fingerprint density at radius 2 is 2.33 bits per heavy atom. The fourth-order valence-corrected chi connectivity index (χ4v) is 3.28. The zero-order valence-corrected chi connectivity index (χ0v) is 11.2. The first-order chi connectivity index (χ1) is 8.54. The van der Waals surface area contributed by atoms with Crippen molar-refractivity contribution in [1.82, 2.24) is 4.98 Å². The fourth-order valence-electron chi connectivity index (χ4n) is 2.45. The van der Waals surface area contributed by atoms with E-state index < -0.39 is 9.84 Å². The standard InChI is InChI=1S/C12H18N2O3S/c1-18(16,17)11-5-2-7-13-12(11)14-8-3-4-10(14)6-9-15/h2,5,7,10,15H,3-4,6,8-9H2,1H3. The number of aromatic nitrogens is 1. The highest BCUT2D eigenvalue weighted by atomic mass is 32.2. The van der Waals surface area contributed by atoms with Crippen LogP contribution in [0.2, 0.25) is 0 Å². The van der Waals surface area contributed by atoms with Gasteiger partial charge in [-0.2, -0.15) is 0 Å². The Morgan fingerprint density at radius 1 is 1.56 bits per heavy atom. The monoisotopic (exact) mass is 270 g/mol. The maximum atomic E-state index is 11.8. The third-order valence-corrected chi connectivity index (χ3v) is 4.38. The minimum Gasteiger partial charge on any atom is -0.396 e. The normalized spacial score (nSPS) is 20.3. The van der Waals surface area contributed by atoms with Crippen molar-refractivity contribution in [2.45, 2.75) is 30.2 Å². The van der Waals surface area contributed by atoms with E-state index in [1.807, 2.05) is 4.90 Å². The highest BCUT2D eigenvalue weighted by Gasteiger charge is 2.28. The van der Waals surface area contributed by atoms with Crippen LogP contribution in [0, 0.1) is 0 Å². The van der Waals surface area contributed by atoms with Crippen molar-refractivity contribution in [3.05, 3.63) is 18.3 Å². The second-order valence-corrected chi connectivity index (χ2v) is 6.58. The fraction of sp³-hybridized carbons (Fsp3) is 0.583. The lowest BCUT2D eigenvalue weighted by Gasteiger charge is -2.26. The maximum Gasteiger partial charge on any atom is 0.179 e. The van der Waals surface area contributed by atoms with E-state index in [9.17, 15) is 8.42 Å². The number of anilines is 1. The first kappa shape index (κ1) is 13.3. The number of aliphatic hydroxyl groups excluding tert-OH is 1. The minimum atomic E-state index is -3.28. The number of hydrogen-bond donors (Lipinski definition) is 1. The van der Waals surface area contributed by atoms with Crippen LogP contribution in [-0.2, 0) is 9.84 Å². The van der Waals surface area contributed by atoms with Gasteiger partial charge >= 0.3 is 0 Å². The van der Waals surface area contributed by atoms with Crippen LogP contribution in [0.5, 0.6) is 0 Å². The number of aliphatic hydroxyl groups is 1. The third-order valence-electron chi connectivity index (χ3n) is 3.26. The van der Waals surface area contributed by atoms with Crippen molar-refractivity contribution >= 4 is 15.7 Å². The second kappa shape index (κ2) is 5.24. The number of rotatable bonds is 4. The summed E-state index contributed by atoms with van der Waals surface area (Å²) < 4.78 is 23.5. The number of hydrogen-bond acceptors (Lipinski definition) is 5. The van der Waals surface area contributed by atoms with E-state index in [1.54, 1.807) is 18.3 Å². The van der Waals surface area contributed by atoms with Gasteiger partial charge in [-0.25, -0.2) is 13.4 Å². The molecular weight excluding hydrogens is 252 g/mol. The Kier molecular flexibility index (Phi) is 3.87. The van der Waals surface area contributed by atoms with Crippen LogP contribution in [0.25, 0.3) is 0 Å². The lowest BCUT2D eigenvalue weighted by molar-refractivity contribution is 0.275. The van der Waals surface area contributed by atoms with E-state index in [0.717, 1.165) is 19.4 Å². The summed E-state index contributed by atoms with van der Waals surface area (Å²) >= 11 is 0. The predicted molar refractivity (Wildman–Crippen MR) is 69.4 cm³/mol. The number of sulfone groups is 1. The predicted octanol–water partition coefficient (Wildman–Crippen LogP) is 0.836. The molecule has 1 unspecified atom stereocenters. The third kappa shape index (κ3) is 2.64. The van der Waals surface area contributed by atoms with Gasteiger partial charge in [0.2, 0.25) is 0 Å². The molecule has 5 nitrogen and oxygen atoms in total. The molecule has 0 aliphatic carbocycles. The molecule has 1 aliphatic heterocycles. The van der Waals surface area contributed by atoms with Crippen molar-refractivity contribution in [2.75, 3.05) is 24.3 Å². The summed E-state index contributed by atoms with van der Waals surface area (Å²) in [6.45, 7) is 0.909. The average molecular weight is 270 g/mol. The van der Waals surface area contributed by atoms with Crippen molar-refractivity contribution in [3.63, 3.8) is 0 Å². The Bertz CT molecular complexity index is 516. The van der Waals surface area contributed by atoms with Gasteiger partial charge in [-0.15, -0.1) is 0 Å². The molecule has 2 rings (SSSR count). The first-order valence-electron chi connectivity index (χ1n) is 6.06.